The van der Waals surface area contributed by atoms with Gasteiger partial charge >= 0.3 is 0 Å². The second kappa shape index (κ2) is 6.47. The number of rotatable bonds is 6. The summed E-state index contributed by atoms with van der Waals surface area (Å²) in [7, 11) is 0. The van der Waals surface area contributed by atoms with E-state index in [0.29, 0.717) is 0 Å². The maximum atomic E-state index is 5.56. The summed E-state index contributed by atoms with van der Waals surface area (Å²) in [6.07, 6.45) is 3.84. The Labute approximate surface area is 77.7 Å². The first-order chi connectivity index (χ1) is 5.61. The largest absolute Gasteiger partial charge is 0.330 e. The zero-order valence-electron chi connectivity index (χ0n) is 9.14. The Kier molecular flexibility index (Phi) is 6.45. The van der Waals surface area contributed by atoms with Crippen molar-refractivity contribution in [2.45, 2.75) is 47.0 Å². The molecule has 2 N–H and O–H groups in total. The van der Waals surface area contributed by atoms with Crippen molar-refractivity contribution in [3.8, 4) is 0 Å². The van der Waals surface area contributed by atoms with E-state index in [1.165, 1.54) is 19.3 Å². The normalized spacial score (nSPS) is 16.5. The molecule has 0 amide bonds. The van der Waals surface area contributed by atoms with Gasteiger partial charge in [-0.2, -0.15) is 0 Å². The fourth-order valence-electron chi connectivity index (χ4n) is 1.52. The van der Waals surface area contributed by atoms with Crippen LogP contribution < -0.4 is 5.73 Å². The second-order valence-corrected chi connectivity index (χ2v) is 4.31. The molecule has 0 aromatic heterocycles. The number of hydrogen-bond donors (Lipinski definition) is 1. The first-order valence-corrected chi connectivity index (χ1v) is 5.31. The van der Waals surface area contributed by atoms with Crippen LogP contribution in [0.1, 0.15) is 47.0 Å². The molecule has 0 fully saturated rings. The van der Waals surface area contributed by atoms with Crippen molar-refractivity contribution >= 4 is 0 Å². The van der Waals surface area contributed by atoms with Gasteiger partial charge in [0.1, 0.15) is 0 Å². The summed E-state index contributed by atoms with van der Waals surface area (Å²) in [5.41, 5.74) is 5.56. The highest BCUT2D eigenvalue weighted by Crippen LogP contribution is 2.23. The van der Waals surface area contributed by atoms with Gasteiger partial charge in [-0.1, -0.05) is 34.1 Å². The molecule has 0 aromatic rings. The average molecular weight is 171 g/mol. The van der Waals surface area contributed by atoms with E-state index < -0.39 is 0 Å². The highest BCUT2D eigenvalue weighted by Gasteiger charge is 2.13. The first-order valence-electron chi connectivity index (χ1n) is 5.31. The molecule has 0 bridgehead atoms. The molecule has 0 spiro atoms. The maximum absolute atomic E-state index is 5.56. The highest BCUT2D eigenvalue weighted by molar-refractivity contribution is 4.65. The van der Waals surface area contributed by atoms with Crippen molar-refractivity contribution in [3.63, 3.8) is 0 Å². The van der Waals surface area contributed by atoms with Crippen LogP contribution in [0.25, 0.3) is 0 Å². The Balaban J connectivity index is 3.68. The van der Waals surface area contributed by atoms with E-state index in [4.69, 9.17) is 5.73 Å². The lowest BCUT2D eigenvalue weighted by Gasteiger charge is -2.21. The van der Waals surface area contributed by atoms with Crippen molar-refractivity contribution in [1.29, 1.82) is 0 Å². The van der Waals surface area contributed by atoms with Gasteiger partial charge in [0.15, 0.2) is 0 Å². The van der Waals surface area contributed by atoms with Crippen LogP contribution in [0.3, 0.4) is 0 Å². The topological polar surface area (TPSA) is 26.0 Å². The van der Waals surface area contributed by atoms with E-state index >= 15 is 0 Å². The van der Waals surface area contributed by atoms with Crippen molar-refractivity contribution in [1.82, 2.24) is 0 Å². The minimum Gasteiger partial charge on any atom is -0.330 e. The summed E-state index contributed by atoms with van der Waals surface area (Å²) < 4.78 is 0. The smallest absolute Gasteiger partial charge is 0.00746 e. The van der Waals surface area contributed by atoms with Crippen LogP contribution in [0.4, 0.5) is 0 Å². The molecule has 0 saturated carbocycles. The summed E-state index contributed by atoms with van der Waals surface area (Å²) in [4.78, 5) is 0. The SMILES string of the molecule is CCC(CCN)CC(C)C(C)C. The van der Waals surface area contributed by atoms with E-state index in [1.54, 1.807) is 0 Å². The minimum atomic E-state index is 0.817. The van der Waals surface area contributed by atoms with Crippen LogP contribution in [0.2, 0.25) is 0 Å². The Morgan fingerprint density at radius 1 is 1.17 bits per heavy atom. The fraction of sp³-hybridized carbons (Fsp3) is 1.00. The standard InChI is InChI=1S/C11H25N/c1-5-11(6-7-12)8-10(4)9(2)3/h9-11H,5-8,12H2,1-4H3. The highest BCUT2D eigenvalue weighted by atomic mass is 14.5. The van der Waals surface area contributed by atoms with Gasteiger partial charge in [-0.15, -0.1) is 0 Å². The predicted octanol–water partition coefficient (Wildman–Crippen LogP) is 3.04. The van der Waals surface area contributed by atoms with E-state index in [0.717, 1.165) is 24.3 Å². The Hall–Kier alpha value is -0.0400. The summed E-state index contributed by atoms with van der Waals surface area (Å²) >= 11 is 0. The molecular weight excluding hydrogens is 146 g/mol. The molecule has 12 heavy (non-hydrogen) atoms. The third-order valence-electron chi connectivity index (χ3n) is 3.00. The molecule has 0 aliphatic carbocycles. The molecule has 0 rings (SSSR count). The third kappa shape index (κ3) is 4.76. The zero-order chi connectivity index (χ0) is 9.56. The average Bonchev–Trinajstić information content (AvgIpc) is 2.03. The molecule has 0 aliphatic heterocycles. The molecule has 0 radical (unpaired) electrons. The van der Waals surface area contributed by atoms with Crippen molar-refractivity contribution < 1.29 is 0 Å². The maximum Gasteiger partial charge on any atom is -0.00746 e. The molecule has 0 heterocycles. The second-order valence-electron chi connectivity index (χ2n) is 4.31. The quantitative estimate of drug-likeness (QED) is 0.653. The van der Waals surface area contributed by atoms with Gasteiger partial charge in [0.25, 0.3) is 0 Å². The van der Waals surface area contributed by atoms with Crippen LogP contribution in [-0.2, 0) is 0 Å². The monoisotopic (exact) mass is 171 g/mol. The van der Waals surface area contributed by atoms with E-state index in [2.05, 4.69) is 27.7 Å². The lowest BCUT2D eigenvalue weighted by molar-refractivity contribution is 0.303. The fourth-order valence-corrected chi connectivity index (χ4v) is 1.52. The van der Waals surface area contributed by atoms with Gasteiger partial charge in [-0.05, 0) is 37.1 Å². The van der Waals surface area contributed by atoms with Crippen LogP contribution in [0, 0.1) is 17.8 Å². The molecule has 0 saturated heterocycles. The van der Waals surface area contributed by atoms with Crippen molar-refractivity contribution in [2.24, 2.45) is 23.5 Å². The summed E-state index contributed by atoms with van der Waals surface area (Å²) in [6, 6.07) is 0. The molecular formula is C11H25N. The Morgan fingerprint density at radius 2 is 1.75 bits per heavy atom. The van der Waals surface area contributed by atoms with Crippen LogP contribution in [0.5, 0.6) is 0 Å². The Bertz CT molecular complexity index is 99.2. The van der Waals surface area contributed by atoms with Gasteiger partial charge in [-0.3, -0.25) is 0 Å². The first kappa shape index (κ1) is 12.0. The van der Waals surface area contributed by atoms with Crippen LogP contribution in [0.15, 0.2) is 0 Å². The summed E-state index contributed by atoms with van der Waals surface area (Å²) in [5.74, 6) is 2.52. The van der Waals surface area contributed by atoms with E-state index in [1.807, 2.05) is 0 Å². The summed E-state index contributed by atoms with van der Waals surface area (Å²) in [5, 5.41) is 0. The number of nitrogens with two attached hydrogens (primary N) is 1. The molecule has 0 aliphatic rings. The van der Waals surface area contributed by atoms with Crippen LogP contribution >= 0.6 is 0 Å². The van der Waals surface area contributed by atoms with Gasteiger partial charge in [0.2, 0.25) is 0 Å². The van der Waals surface area contributed by atoms with Crippen molar-refractivity contribution in [2.75, 3.05) is 6.54 Å². The molecule has 1 nitrogen and oxygen atoms in total. The van der Waals surface area contributed by atoms with Crippen LogP contribution in [-0.4, -0.2) is 6.54 Å². The van der Waals surface area contributed by atoms with Gasteiger partial charge < -0.3 is 5.73 Å². The minimum absolute atomic E-state index is 0.817. The predicted molar refractivity (Wildman–Crippen MR) is 56.1 cm³/mol. The molecule has 2 atom stereocenters. The molecule has 1 heteroatoms. The van der Waals surface area contributed by atoms with Gasteiger partial charge in [-0.25, -0.2) is 0 Å². The molecule has 74 valence electrons. The van der Waals surface area contributed by atoms with E-state index in [9.17, 15) is 0 Å². The van der Waals surface area contributed by atoms with Gasteiger partial charge in [0, 0.05) is 0 Å². The summed E-state index contributed by atoms with van der Waals surface area (Å²) in [6.45, 7) is 10.1. The Morgan fingerprint density at radius 3 is 2.08 bits per heavy atom. The zero-order valence-corrected chi connectivity index (χ0v) is 9.14. The van der Waals surface area contributed by atoms with Gasteiger partial charge in [0.05, 0.1) is 0 Å². The lowest BCUT2D eigenvalue weighted by atomic mass is 9.85. The molecule has 0 aromatic carbocycles. The lowest BCUT2D eigenvalue weighted by Crippen LogP contribution is -2.14. The third-order valence-corrected chi connectivity index (χ3v) is 3.00. The molecule has 2 unspecified atom stereocenters. The van der Waals surface area contributed by atoms with E-state index in [-0.39, 0.29) is 0 Å². The van der Waals surface area contributed by atoms with Crippen molar-refractivity contribution in [3.05, 3.63) is 0 Å². The number of hydrogen-bond acceptors (Lipinski definition) is 1.